The van der Waals surface area contributed by atoms with Crippen LogP contribution in [0.1, 0.15) is 107 Å². The van der Waals surface area contributed by atoms with Gasteiger partial charge in [-0.2, -0.15) is 0 Å². The molecular formula is C32H45FN2O2S. The topological polar surface area (TPSA) is 41.6 Å². The summed E-state index contributed by atoms with van der Waals surface area (Å²) in [6.07, 6.45) is 17.3. The summed E-state index contributed by atoms with van der Waals surface area (Å²) in [6.45, 7) is 5.44. The van der Waals surface area contributed by atoms with Crippen LogP contribution in [-0.4, -0.2) is 23.3 Å². The van der Waals surface area contributed by atoms with E-state index in [9.17, 15) is 9.18 Å². The number of carbonyl (C=O) groups is 1. The molecule has 6 heteroatoms. The molecule has 1 N–H and O–H groups in total. The molecule has 2 aromatic rings. The molecule has 0 aliphatic carbocycles. The summed E-state index contributed by atoms with van der Waals surface area (Å²) < 4.78 is 20.5. The van der Waals surface area contributed by atoms with Gasteiger partial charge >= 0.3 is 0 Å². The van der Waals surface area contributed by atoms with Crippen molar-refractivity contribution in [3.63, 3.8) is 0 Å². The van der Waals surface area contributed by atoms with E-state index in [1.54, 1.807) is 23.9 Å². The standard InChI is InChI=1S/C32H45FN2O2S/c1-3-4-5-6-7-8-9-10-11-12-13-16-22-37-31-29(33)20-17-21-30(31)34-32(36)28-19-15-14-18-27(28)24-35-23-26(2)38-25-35/h14-15,17-21,23H,3-13,16,22,24-25H2,1-2H3,(H,34,36). The fraction of sp³-hybridized carbons (Fsp3) is 0.531. The predicted octanol–water partition coefficient (Wildman–Crippen LogP) is 9.53. The second-order valence-corrected chi connectivity index (χ2v) is 11.4. The van der Waals surface area contributed by atoms with Gasteiger partial charge in [-0.05, 0) is 42.0 Å². The summed E-state index contributed by atoms with van der Waals surface area (Å²) in [5, 5.41) is 2.90. The summed E-state index contributed by atoms with van der Waals surface area (Å²) in [6, 6.07) is 12.3. The number of anilines is 1. The van der Waals surface area contributed by atoms with Gasteiger partial charge in [-0.1, -0.05) is 102 Å². The van der Waals surface area contributed by atoms with E-state index in [0.717, 1.165) is 24.3 Å². The summed E-state index contributed by atoms with van der Waals surface area (Å²) in [5.74, 6) is 0.289. The number of amides is 1. The Balaban J connectivity index is 1.42. The van der Waals surface area contributed by atoms with Crippen molar-refractivity contribution in [1.82, 2.24) is 4.90 Å². The van der Waals surface area contributed by atoms with Gasteiger partial charge < -0.3 is 15.0 Å². The minimum absolute atomic E-state index is 0.121. The van der Waals surface area contributed by atoms with Crippen molar-refractivity contribution >= 4 is 23.4 Å². The fourth-order valence-corrected chi connectivity index (χ4v) is 5.53. The van der Waals surface area contributed by atoms with E-state index in [-0.39, 0.29) is 11.7 Å². The smallest absolute Gasteiger partial charge is 0.256 e. The molecule has 0 radical (unpaired) electrons. The summed E-state index contributed by atoms with van der Waals surface area (Å²) in [4.78, 5) is 16.7. The second kappa shape index (κ2) is 17.2. The number of hydrogen-bond donors (Lipinski definition) is 1. The molecular weight excluding hydrogens is 495 g/mol. The fourth-order valence-electron chi connectivity index (χ4n) is 4.77. The van der Waals surface area contributed by atoms with E-state index in [1.807, 2.05) is 24.3 Å². The van der Waals surface area contributed by atoms with Crippen LogP contribution in [0.5, 0.6) is 5.75 Å². The maximum Gasteiger partial charge on any atom is 0.256 e. The number of ether oxygens (including phenoxy) is 1. The van der Waals surface area contributed by atoms with E-state index in [0.29, 0.717) is 24.4 Å². The summed E-state index contributed by atoms with van der Waals surface area (Å²) in [5.41, 5.74) is 1.90. The van der Waals surface area contributed by atoms with Gasteiger partial charge in [0, 0.05) is 18.3 Å². The van der Waals surface area contributed by atoms with Crippen molar-refractivity contribution in [2.45, 2.75) is 97.4 Å². The Labute approximate surface area is 233 Å². The molecule has 0 fully saturated rings. The number of para-hydroxylation sites is 1. The van der Waals surface area contributed by atoms with Gasteiger partial charge in [-0.25, -0.2) is 4.39 Å². The molecule has 0 saturated heterocycles. The van der Waals surface area contributed by atoms with Crippen molar-refractivity contribution < 1.29 is 13.9 Å². The van der Waals surface area contributed by atoms with E-state index in [2.05, 4.69) is 30.3 Å². The third kappa shape index (κ3) is 10.4. The molecule has 0 atom stereocenters. The Morgan fingerprint density at radius 2 is 1.58 bits per heavy atom. The lowest BCUT2D eigenvalue weighted by Gasteiger charge is -2.18. The zero-order valence-electron chi connectivity index (χ0n) is 23.3. The van der Waals surface area contributed by atoms with Crippen LogP contribution in [0.2, 0.25) is 0 Å². The third-order valence-electron chi connectivity index (χ3n) is 6.92. The number of halogens is 1. The van der Waals surface area contributed by atoms with Crippen LogP contribution in [0, 0.1) is 5.82 Å². The highest BCUT2D eigenvalue weighted by Gasteiger charge is 2.18. The lowest BCUT2D eigenvalue weighted by Crippen LogP contribution is -2.19. The molecule has 0 saturated carbocycles. The first-order valence-corrected chi connectivity index (χ1v) is 15.4. The molecule has 38 heavy (non-hydrogen) atoms. The average molecular weight is 541 g/mol. The molecule has 0 aromatic heterocycles. The molecule has 1 aliphatic heterocycles. The van der Waals surface area contributed by atoms with Gasteiger partial charge in [0.15, 0.2) is 11.6 Å². The normalized spacial score (nSPS) is 13.0. The number of rotatable bonds is 18. The Bertz CT molecular complexity index is 1030. The number of carbonyl (C=O) groups excluding carboxylic acids is 1. The lowest BCUT2D eigenvalue weighted by molar-refractivity contribution is 0.102. The van der Waals surface area contributed by atoms with E-state index in [1.165, 1.54) is 75.2 Å². The number of nitrogens with one attached hydrogen (secondary N) is 1. The first kappa shape index (κ1) is 30.1. The maximum atomic E-state index is 14.6. The zero-order chi connectivity index (χ0) is 27.0. The monoisotopic (exact) mass is 540 g/mol. The molecule has 1 amide bonds. The number of unbranched alkanes of at least 4 members (excludes halogenated alkanes) is 11. The van der Waals surface area contributed by atoms with Gasteiger partial charge in [-0.15, -0.1) is 11.8 Å². The quantitative estimate of drug-likeness (QED) is 0.191. The average Bonchev–Trinajstić information content (AvgIpc) is 3.32. The summed E-state index contributed by atoms with van der Waals surface area (Å²) >= 11 is 1.79. The molecule has 0 spiro atoms. The number of thioether (sulfide) groups is 1. The van der Waals surface area contributed by atoms with Gasteiger partial charge in [0.05, 0.1) is 18.2 Å². The van der Waals surface area contributed by atoms with Gasteiger partial charge in [0.1, 0.15) is 0 Å². The molecule has 4 nitrogen and oxygen atoms in total. The van der Waals surface area contributed by atoms with Gasteiger partial charge in [-0.3, -0.25) is 4.79 Å². The van der Waals surface area contributed by atoms with Crippen molar-refractivity contribution in [3.05, 3.63) is 70.5 Å². The Morgan fingerprint density at radius 3 is 2.24 bits per heavy atom. The second-order valence-electron chi connectivity index (χ2n) is 10.2. The van der Waals surface area contributed by atoms with E-state index >= 15 is 0 Å². The van der Waals surface area contributed by atoms with Crippen molar-refractivity contribution in [3.8, 4) is 5.75 Å². The molecule has 0 unspecified atom stereocenters. The van der Waals surface area contributed by atoms with Crippen LogP contribution in [0.25, 0.3) is 0 Å². The van der Waals surface area contributed by atoms with Crippen molar-refractivity contribution in [2.75, 3.05) is 17.8 Å². The third-order valence-corrected chi connectivity index (χ3v) is 7.94. The Kier molecular flexibility index (Phi) is 13.6. The van der Waals surface area contributed by atoms with Crippen LogP contribution >= 0.6 is 11.8 Å². The highest BCUT2D eigenvalue weighted by Crippen LogP contribution is 2.30. The minimum Gasteiger partial charge on any atom is -0.488 e. The highest BCUT2D eigenvalue weighted by atomic mass is 32.2. The SMILES string of the molecule is CCCCCCCCCCCCCCOc1c(F)cccc1NC(=O)c1ccccc1CN1C=C(C)SC1. The molecule has 208 valence electrons. The minimum atomic E-state index is -0.454. The Morgan fingerprint density at radius 1 is 0.921 bits per heavy atom. The molecule has 1 heterocycles. The van der Waals surface area contributed by atoms with E-state index in [4.69, 9.17) is 4.74 Å². The largest absolute Gasteiger partial charge is 0.488 e. The first-order chi connectivity index (χ1) is 18.6. The molecule has 1 aliphatic rings. The van der Waals surface area contributed by atoms with Crippen LogP contribution in [0.4, 0.5) is 10.1 Å². The number of nitrogens with zero attached hydrogens (tertiary/aromatic N) is 1. The van der Waals surface area contributed by atoms with Gasteiger partial charge in [0.25, 0.3) is 5.91 Å². The predicted molar refractivity (Wildman–Crippen MR) is 159 cm³/mol. The van der Waals surface area contributed by atoms with Gasteiger partial charge in [0.2, 0.25) is 0 Å². The van der Waals surface area contributed by atoms with Crippen LogP contribution < -0.4 is 10.1 Å². The number of benzene rings is 2. The molecule has 2 aromatic carbocycles. The first-order valence-electron chi connectivity index (χ1n) is 14.4. The highest BCUT2D eigenvalue weighted by molar-refractivity contribution is 8.03. The maximum absolute atomic E-state index is 14.6. The molecule has 3 rings (SSSR count). The number of allylic oxidation sites excluding steroid dienone is 1. The van der Waals surface area contributed by atoms with Crippen LogP contribution in [0.15, 0.2) is 53.6 Å². The number of hydrogen-bond acceptors (Lipinski definition) is 4. The van der Waals surface area contributed by atoms with Crippen molar-refractivity contribution in [1.29, 1.82) is 0 Å². The van der Waals surface area contributed by atoms with Crippen LogP contribution in [0.3, 0.4) is 0 Å². The molecule has 0 bridgehead atoms. The lowest BCUT2D eigenvalue weighted by atomic mass is 10.1. The van der Waals surface area contributed by atoms with E-state index < -0.39 is 5.82 Å². The summed E-state index contributed by atoms with van der Waals surface area (Å²) in [7, 11) is 0. The van der Waals surface area contributed by atoms with Crippen molar-refractivity contribution in [2.24, 2.45) is 0 Å². The van der Waals surface area contributed by atoms with Crippen LogP contribution in [-0.2, 0) is 6.54 Å². The Hall–Kier alpha value is -2.47. The zero-order valence-corrected chi connectivity index (χ0v) is 24.1.